The molecule has 6 heterocycles. The summed E-state index contributed by atoms with van der Waals surface area (Å²) in [6.07, 6.45) is 13.7. The van der Waals surface area contributed by atoms with Crippen LogP contribution < -0.4 is 25.2 Å². The highest BCUT2D eigenvalue weighted by Crippen LogP contribution is 2.51. The van der Waals surface area contributed by atoms with Crippen LogP contribution in [-0.4, -0.2) is 41.9 Å². The number of pyridine rings is 1. The van der Waals surface area contributed by atoms with E-state index in [4.69, 9.17) is 9.47 Å². The normalized spacial score (nSPS) is 19.2. The Morgan fingerprint density at radius 1 is 0.880 bits per heavy atom. The maximum atomic E-state index is 13.1. The summed E-state index contributed by atoms with van der Waals surface area (Å²) in [5, 5.41) is 7.99. The molecule has 26 radical (unpaired) electrons. The maximum absolute atomic E-state index is 13.1. The number of hydrogen-bond acceptors (Lipinski definition) is 9. The molecule has 0 saturated carbocycles. The molecule has 3 saturated heterocycles. The second kappa shape index (κ2) is 12.0. The zero-order valence-corrected chi connectivity index (χ0v) is 25.4. The number of nitrogens with zero attached hydrogens (tertiary/aromatic N) is 7. The second-order valence-electron chi connectivity index (χ2n) is 10.9. The van der Waals surface area contributed by atoms with E-state index in [-0.39, 0.29) is 34.2 Å². The van der Waals surface area contributed by atoms with Gasteiger partial charge in [-0.15, -0.1) is 0 Å². The molecule has 4 aliphatic rings. The molecule has 3 amide bonds. The predicted molar refractivity (Wildman–Crippen MR) is 168 cm³/mol. The van der Waals surface area contributed by atoms with Gasteiger partial charge in [0.05, 0.1) is 32.1 Å². The van der Waals surface area contributed by atoms with Crippen molar-refractivity contribution in [1.29, 1.82) is 0 Å². The summed E-state index contributed by atoms with van der Waals surface area (Å²) in [5.41, 5.74) is 1.48. The SMILES string of the molecule is [CH2]Oc1cc(-c2cn([CH2])c(=O)c3nn([CH2])cc23)cc(O[CH2])c1[C]N1[C][C]C2([C][C]1)[C]N(c1ccc3c(c1)C(=O)N([C]1[C][C]C(=O)[N]C1=O)[C]3)[C]2. The number of rotatable bonds is 7. The smallest absolute Gasteiger partial charge is 0.279 e. The molecule has 2 aromatic heterocycles. The van der Waals surface area contributed by atoms with E-state index in [2.05, 4.69) is 104 Å². The highest BCUT2D eigenvalue weighted by molar-refractivity contribution is 6.14. The fourth-order valence-corrected chi connectivity index (χ4v) is 5.48. The molecule has 4 aromatic rings. The van der Waals surface area contributed by atoms with E-state index in [0.717, 1.165) is 4.90 Å². The number of carbonyl (C=O) groups is 3. The van der Waals surface area contributed by atoms with Gasteiger partial charge in [-0.05, 0) is 35.4 Å². The van der Waals surface area contributed by atoms with Gasteiger partial charge in [0.15, 0.2) is 11.6 Å². The Balaban J connectivity index is 0.930. The van der Waals surface area contributed by atoms with E-state index in [1.54, 1.807) is 42.7 Å². The Hall–Kier alpha value is -5.17. The molecular weight excluding hydrogens is 638 g/mol. The quantitative estimate of drug-likeness (QED) is 0.276. The number of ether oxygens (including phenoxy) is 2. The Kier molecular flexibility index (Phi) is 7.70. The summed E-state index contributed by atoms with van der Waals surface area (Å²) in [5.74, 6) is -1.80. The van der Waals surface area contributed by atoms with E-state index >= 15 is 0 Å². The number of anilines is 1. The minimum Gasteiger partial charge on any atom is -0.490 e. The van der Waals surface area contributed by atoms with Gasteiger partial charge in [0.25, 0.3) is 23.3 Å². The fourth-order valence-electron chi connectivity index (χ4n) is 5.48. The minimum atomic E-state index is -1.11. The van der Waals surface area contributed by atoms with Crippen molar-refractivity contribution in [3.63, 3.8) is 0 Å². The van der Waals surface area contributed by atoms with E-state index in [0.29, 0.717) is 33.3 Å². The molecule has 0 atom stereocenters. The van der Waals surface area contributed by atoms with Gasteiger partial charge in [-0.3, -0.25) is 28.8 Å². The third-order valence-corrected chi connectivity index (χ3v) is 7.83. The van der Waals surface area contributed by atoms with Gasteiger partial charge in [-0.2, -0.15) is 10.4 Å². The highest BCUT2D eigenvalue weighted by atomic mass is 16.5. The minimum absolute atomic E-state index is 0.194. The van der Waals surface area contributed by atoms with Crippen LogP contribution in [0.15, 0.2) is 47.5 Å². The van der Waals surface area contributed by atoms with E-state index in [9.17, 15) is 19.2 Å². The van der Waals surface area contributed by atoms with E-state index < -0.39 is 23.1 Å². The summed E-state index contributed by atoms with van der Waals surface area (Å²) in [6.45, 7) is 17.9. The predicted octanol–water partition coefficient (Wildman–Crippen LogP) is 2.22. The van der Waals surface area contributed by atoms with Crippen LogP contribution in [0.3, 0.4) is 0 Å². The van der Waals surface area contributed by atoms with Crippen molar-refractivity contribution in [3.05, 3.63) is 169 Å². The summed E-state index contributed by atoms with van der Waals surface area (Å²) in [4.78, 5) is 52.9. The molecule has 234 valence electrons. The molecule has 0 aliphatic carbocycles. The van der Waals surface area contributed by atoms with Crippen LogP contribution in [0, 0.1) is 105 Å². The van der Waals surface area contributed by atoms with Crippen LogP contribution in [0.4, 0.5) is 5.69 Å². The Morgan fingerprint density at radius 3 is 2.28 bits per heavy atom. The van der Waals surface area contributed by atoms with Gasteiger partial charge in [-0.25, -0.2) is 0 Å². The average Bonchev–Trinajstić information content (AvgIpc) is 3.65. The van der Waals surface area contributed by atoms with Gasteiger partial charge in [-0.1, -0.05) is 6.07 Å². The lowest BCUT2D eigenvalue weighted by molar-refractivity contribution is -0.130. The first kappa shape index (κ1) is 32.1. The van der Waals surface area contributed by atoms with Crippen molar-refractivity contribution in [2.24, 2.45) is 5.41 Å². The van der Waals surface area contributed by atoms with Crippen LogP contribution in [-0.2, 0) is 9.59 Å². The summed E-state index contributed by atoms with van der Waals surface area (Å²) >= 11 is 0. The Morgan fingerprint density at radius 2 is 1.60 bits per heavy atom. The largest absolute Gasteiger partial charge is 0.490 e. The van der Waals surface area contributed by atoms with Crippen molar-refractivity contribution in [3.8, 4) is 22.6 Å². The highest BCUT2D eigenvalue weighted by Gasteiger charge is 2.50. The number of amides is 3. The summed E-state index contributed by atoms with van der Waals surface area (Å²) in [7, 11) is 14.7. The molecule has 0 unspecified atom stereocenters. The molecule has 4 aliphatic heterocycles. The first-order valence-electron chi connectivity index (χ1n) is 14.3. The van der Waals surface area contributed by atoms with Crippen molar-refractivity contribution >= 4 is 34.3 Å². The van der Waals surface area contributed by atoms with Crippen molar-refractivity contribution in [2.75, 3.05) is 4.90 Å². The van der Waals surface area contributed by atoms with Gasteiger partial charge < -0.3 is 23.8 Å². The lowest BCUT2D eigenvalue weighted by atomic mass is 9.71. The third kappa shape index (κ3) is 5.31. The fraction of sp³-hybridized carbons (Fsp3) is 0.0270. The molecule has 13 heteroatoms. The van der Waals surface area contributed by atoms with Gasteiger partial charge in [0.2, 0.25) is 0 Å². The number of imide groups is 1. The number of carbonyl (C=O) groups excluding carboxylic acids is 3. The lowest BCUT2D eigenvalue weighted by Gasteiger charge is -2.50. The maximum Gasteiger partial charge on any atom is 0.279 e. The van der Waals surface area contributed by atoms with E-state index in [1.165, 1.54) is 19.0 Å². The second-order valence-corrected chi connectivity index (χ2v) is 10.9. The standard InChI is InChI=1S/C37H15N7O6/c1-40-17-26(27-18-41(2)39-33(27)36(40)48)23-13-30(49-3)28(31(14-23)50-4)19-42-11-9-37(10-12-42)20-43(21-37)24-6-5-22-16-44(35(47)25(22)15-24)29-7-8-32(45)38-34(29)46/h5-6,13-15,17-18H,1-4H2. The Labute approximate surface area is 289 Å². The van der Waals surface area contributed by atoms with Crippen molar-refractivity contribution < 1.29 is 23.9 Å². The molecule has 0 N–H and O–H groups in total. The third-order valence-electron chi connectivity index (χ3n) is 7.83. The van der Waals surface area contributed by atoms with Gasteiger partial charge >= 0.3 is 0 Å². The molecule has 13 nitrogen and oxygen atoms in total. The van der Waals surface area contributed by atoms with Crippen LogP contribution in [0.25, 0.3) is 22.0 Å². The molecule has 2 aromatic carbocycles. The van der Waals surface area contributed by atoms with Crippen LogP contribution in [0.2, 0.25) is 0 Å². The van der Waals surface area contributed by atoms with Crippen LogP contribution in [0.5, 0.6) is 11.5 Å². The number of benzene rings is 2. The number of fused-ring (bicyclic) bond motifs is 2. The van der Waals surface area contributed by atoms with Gasteiger partial charge in [0.1, 0.15) is 51.9 Å². The number of aromatic nitrogens is 3. The zero-order valence-electron chi connectivity index (χ0n) is 25.4. The molecule has 8 rings (SSSR count). The monoisotopic (exact) mass is 653 g/mol. The van der Waals surface area contributed by atoms with Crippen molar-refractivity contribution in [2.45, 2.75) is 0 Å². The number of likely N-dealkylation sites (tertiary alicyclic amines) is 1. The van der Waals surface area contributed by atoms with E-state index in [1.807, 2.05) is 0 Å². The molecule has 3 fully saturated rings. The number of piperidine rings is 2. The van der Waals surface area contributed by atoms with Crippen molar-refractivity contribution in [1.82, 2.24) is 29.5 Å². The molecule has 0 bridgehead atoms. The van der Waals surface area contributed by atoms with Gasteiger partial charge in [0, 0.05) is 66.3 Å². The van der Waals surface area contributed by atoms with Crippen LogP contribution >= 0.6 is 0 Å². The first-order chi connectivity index (χ1) is 24.1. The summed E-state index contributed by atoms with van der Waals surface area (Å²) in [6, 6.07) is 8.06. The average molecular weight is 654 g/mol. The first-order valence-corrected chi connectivity index (χ1v) is 14.3. The lowest BCUT2D eigenvalue weighted by Crippen LogP contribution is -2.51. The molecule has 1 spiro atoms. The Bertz CT molecular complexity index is 2100. The molecular formula is C37H15N7O6. The topological polar surface area (TPSA) is 133 Å². The summed E-state index contributed by atoms with van der Waals surface area (Å²) < 4.78 is 13.3. The molecule has 50 heavy (non-hydrogen) atoms. The zero-order chi connectivity index (χ0) is 34.9. The van der Waals surface area contributed by atoms with Crippen LogP contribution in [0.1, 0.15) is 21.5 Å². The number of hydrogen-bond donors (Lipinski definition) is 0.